The van der Waals surface area contributed by atoms with E-state index in [1.54, 1.807) is 11.8 Å². The van der Waals surface area contributed by atoms with Gasteiger partial charge in [0.25, 0.3) is 10.2 Å². The summed E-state index contributed by atoms with van der Waals surface area (Å²) in [4.78, 5) is 0. The molecule has 0 saturated heterocycles. The van der Waals surface area contributed by atoms with E-state index in [9.17, 15) is 8.42 Å². The first-order chi connectivity index (χ1) is 5.97. The van der Waals surface area contributed by atoms with Gasteiger partial charge in [0.05, 0.1) is 0 Å². The first-order valence-corrected chi connectivity index (χ1v) is 7.07. The van der Waals surface area contributed by atoms with Crippen molar-refractivity contribution in [2.45, 2.75) is 30.4 Å². The standard InChI is InChI=1S/C7H16N2O2S2/c1-12-7(4-2-3-5-7)6-9-13(8,10)11/h9H,2-6H2,1H3,(H2,8,10,11). The Balaban J connectivity index is 2.50. The van der Waals surface area contributed by atoms with E-state index in [1.807, 2.05) is 6.26 Å². The molecule has 1 aliphatic rings. The van der Waals surface area contributed by atoms with Gasteiger partial charge in [0.1, 0.15) is 0 Å². The Kier molecular flexibility index (Phi) is 3.62. The summed E-state index contributed by atoms with van der Waals surface area (Å²) >= 11 is 1.74. The number of nitrogens with two attached hydrogens (primary N) is 1. The van der Waals surface area contributed by atoms with Crippen LogP contribution in [0.1, 0.15) is 25.7 Å². The van der Waals surface area contributed by atoms with Crippen molar-refractivity contribution in [2.75, 3.05) is 12.8 Å². The van der Waals surface area contributed by atoms with Crippen LogP contribution in [0.4, 0.5) is 0 Å². The van der Waals surface area contributed by atoms with E-state index in [2.05, 4.69) is 4.72 Å². The quantitative estimate of drug-likeness (QED) is 0.728. The number of thioether (sulfide) groups is 1. The average molecular weight is 224 g/mol. The summed E-state index contributed by atoms with van der Waals surface area (Å²) in [6.07, 6.45) is 6.56. The third-order valence-electron chi connectivity index (χ3n) is 2.54. The van der Waals surface area contributed by atoms with Crippen LogP contribution >= 0.6 is 11.8 Å². The van der Waals surface area contributed by atoms with Gasteiger partial charge in [0, 0.05) is 11.3 Å². The number of hydrogen-bond donors (Lipinski definition) is 2. The topological polar surface area (TPSA) is 72.2 Å². The van der Waals surface area contributed by atoms with Crippen molar-refractivity contribution in [3.8, 4) is 0 Å². The van der Waals surface area contributed by atoms with Gasteiger partial charge in [-0.05, 0) is 19.1 Å². The van der Waals surface area contributed by atoms with E-state index in [4.69, 9.17) is 5.14 Å². The maximum absolute atomic E-state index is 10.7. The summed E-state index contributed by atoms with van der Waals surface area (Å²) in [7, 11) is -3.52. The Morgan fingerprint density at radius 3 is 2.38 bits per heavy atom. The van der Waals surface area contributed by atoms with Crippen molar-refractivity contribution in [1.82, 2.24) is 4.72 Å². The Morgan fingerprint density at radius 1 is 1.46 bits per heavy atom. The Bertz CT molecular complexity index is 258. The number of nitrogens with one attached hydrogen (secondary N) is 1. The molecule has 78 valence electrons. The monoisotopic (exact) mass is 224 g/mol. The Hall–Kier alpha value is 0.220. The second-order valence-corrected chi connectivity index (χ2v) is 6.11. The third-order valence-corrected chi connectivity index (χ3v) is 4.51. The first-order valence-electron chi connectivity index (χ1n) is 4.30. The molecule has 0 amide bonds. The summed E-state index contributed by atoms with van der Waals surface area (Å²) in [6, 6.07) is 0. The second-order valence-electron chi connectivity index (χ2n) is 3.46. The van der Waals surface area contributed by atoms with Crippen LogP contribution in [0.25, 0.3) is 0 Å². The maximum Gasteiger partial charge on any atom is 0.274 e. The normalized spacial score (nSPS) is 22.0. The van der Waals surface area contributed by atoms with Gasteiger partial charge in [-0.3, -0.25) is 0 Å². The van der Waals surface area contributed by atoms with Crippen LogP contribution in [0.3, 0.4) is 0 Å². The fraction of sp³-hybridized carbons (Fsp3) is 1.00. The van der Waals surface area contributed by atoms with Gasteiger partial charge in [0.15, 0.2) is 0 Å². The minimum absolute atomic E-state index is 0.0897. The lowest BCUT2D eigenvalue weighted by Crippen LogP contribution is -2.41. The molecule has 0 atom stereocenters. The van der Waals surface area contributed by atoms with Crippen LogP contribution in [-0.2, 0) is 10.2 Å². The molecule has 0 heterocycles. The molecular formula is C7H16N2O2S2. The molecule has 0 bridgehead atoms. The predicted octanol–water partition coefficient (Wildman–Crippen LogP) is 0.455. The van der Waals surface area contributed by atoms with Gasteiger partial charge in [-0.25, -0.2) is 9.86 Å². The molecule has 1 rings (SSSR count). The zero-order valence-electron chi connectivity index (χ0n) is 7.75. The average Bonchev–Trinajstić information content (AvgIpc) is 2.49. The molecule has 0 unspecified atom stereocenters. The lowest BCUT2D eigenvalue weighted by Gasteiger charge is -2.26. The van der Waals surface area contributed by atoms with Crippen molar-refractivity contribution < 1.29 is 8.42 Å². The molecular weight excluding hydrogens is 208 g/mol. The molecule has 6 heteroatoms. The summed E-state index contributed by atoms with van der Waals surface area (Å²) in [5.41, 5.74) is 0. The zero-order valence-corrected chi connectivity index (χ0v) is 9.38. The molecule has 0 spiro atoms. The van der Waals surface area contributed by atoms with Gasteiger partial charge in [0.2, 0.25) is 0 Å². The van der Waals surface area contributed by atoms with E-state index in [0.717, 1.165) is 12.8 Å². The molecule has 0 aromatic carbocycles. The molecule has 0 aromatic heterocycles. The van der Waals surface area contributed by atoms with Gasteiger partial charge in [-0.15, -0.1) is 0 Å². The van der Waals surface area contributed by atoms with Crippen LogP contribution in [0.15, 0.2) is 0 Å². The summed E-state index contributed by atoms with van der Waals surface area (Å²) in [5, 5.41) is 4.88. The minimum Gasteiger partial charge on any atom is -0.216 e. The van der Waals surface area contributed by atoms with Crippen LogP contribution in [0, 0.1) is 0 Å². The molecule has 0 radical (unpaired) electrons. The lowest BCUT2D eigenvalue weighted by molar-refractivity contribution is 0.552. The van der Waals surface area contributed by atoms with Crippen LogP contribution in [-0.4, -0.2) is 26.0 Å². The van der Waals surface area contributed by atoms with Gasteiger partial charge >= 0.3 is 0 Å². The Labute approximate surface area is 83.8 Å². The van der Waals surface area contributed by atoms with Gasteiger partial charge in [-0.2, -0.15) is 20.2 Å². The summed E-state index contributed by atoms with van der Waals surface area (Å²) in [5.74, 6) is 0. The fourth-order valence-corrected chi connectivity index (χ4v) is 3.19. The predicted molar refractivity (Wildman–Crippen MR) is 55.8 cm³/mol. The highest BCUT2D eigenvalue weighted by molar-refractivity contribution is 8.00. The van der Waals surface area contributed by atoms with E-state index in [-0.39, 0.29) is 4.75 Å². The molecule has 3 N–H and O–H groups in total. The van der Waals surface area contributed by atoms with Gasteiger partial charge in [-0.1, -0.05) is 12.8 Å². The van der Waals surface area contributed by atoms with Crippen molar-refractivity contribution >= 4 is 22.0 Å². The largest absolute Gasteiger partial charge is 0.274 e. The molecule has 4 nitrogen and oxygen atoms in total. The van der Waals surface area contributed by atoms with Crippen LogP contribution in [0.2, 0.25) is 0 Å². The molecule has 1 aliphatic carbocycles. The van der Waals surface area contributed by atoms with E-state index < -0.39 is 10.2 Å². The van der Waals surface area contributed by atoms with Crippen LogP contribution < -0.4 is 9.86 Å². The molecule has 0 aliphatic heterocycles. The highest BCUT2D eigenvalue weighted by atomic mass is 32.2. The van der Waals surface area contributed by atoms with Crippen LogP contribution in [0.5, 0.6) is 0 Å². The summed E-state index contributed by atoms with van der Waals surface area (Å²) in [6.45, 7) is 0.465. The van der Waals surface area contributed by atoms with Crippen molar-refractivity contribution in [1.29, 1.82) is 0 Å². The highest BCUT2D eigenvalue weighted by Gasteiger charge is 2.33. The molecule has 0 aromatic rings. The smallest absolute Gasteiger partial charge is 0.216 e. The van der Waals surface area contributed by atoms with E-state index in [0.29, 0.717) is 6.54 Å². The lowest BCUT2D eigenvalue weighted by atomic mass is 10.1. The van der Waals surface area contributed by atoms with Crippen molar-refractivity contribution in [3.63, 3.8) is 0 Å². The van der Waals surface area contributed by atoms with E-state index in [1.165, 1.54) is 12.8 Å². The Morgan fingerprint density at radius 2 is 2.00 bits per heavy atom. The summed E-state index contributed by atoms with van der Waals surface area (Å²) < 4.78 is 23.9. The zero-order chi connectivity index (χ0) is 9.95. The van der Waals surface area contributed by atoms with E-state index >= 15 is 0 Å². The SMILES string of the molecule is CSC1(CNS(N)(=O)=O)CCCC1. The molecule has 1 saturated carbocycles. The number of rotatable bonds is 4. The van der Waals surface area contributed by atoms with Crippen molar-refractivity contribution in [3.05, 3.63) is 0 Å². The van der Waals surface area contributed by atoms with Crippen molar-refractivity contribution in [2.24, 2.45) is 5.14 Å². The minimum atomic E-state index is -3.52. The first kappa shape index (κ1) is 11.3. The molecule has 13 heavy (non-hydrogen) atoms. The number of hydrogen-bond acceptors (Lipinski definition) is 3. The van der Waals surface area contributed by atoms with Gasteiger partial charge < -0.3 is 0 Å². The highest BCUT2D eigenvalue weighted by Crippen LogP contribution is 2.39. The molecule has 1 fully saturated rings. The second kappa shape index (κ2) is 4.16. The maximum atomic E-state index is 10.7. The fourth-order valence-electron chi connectivity index (χ4n) is 1.70. The third kappa shape index (κ3) is 3.46.